The Morgan fingerprint density at radius 3 is 3.09 bits per heavy atom. The van der Waals surface area contributed by atoms with Gasteiger partial charge in [-0.25, -0.2) is 0 Å². The number of nitrogen functional groups attached to an aromatic ring is 1. The van der Waals surface area contributed by atoms with Crippen LogP contribution in [0, 0.1) is 0 Å². The molecule has 0 radical (unpaired) electrons. The summed E-state index contributed by atoms with van der Waals surface area (Å²) in [4.78, 5) is 0. The van der Waals surface area contributed by atoms with Crippen molar-refractivity contribution in [2.24, 2.45) is 0 Å². The molecule has 0 atom stereocenters. The Labute approximate surface area is 70.3 Å². The lowest BCUT2D eigenvalue weighted by Gasteiger charge is -2.03. The van der Waals surface area contributed by atoms with Gasteiger partial charge in [-0.15, -0.1) is 0 Å². The molecule has 0 spiro atoms. The Morgan fingerprint density at radius 1 is 1.45 bits per heavy atom. The zero-order valence-corrected chi connectivity index (χ0v) is 6.78. The van der Waals surface area contributed by atoms with Crippen molar-refractivity contribution in [1.29, 1.82) is 0 Å². The molecule has 0 saturated heterocycles. The summed E-state index contributed by atoms with van der Waals surface area (Å²) in [5.41, 5.74) is 8.78. The smallest absolute Gasteiger partial charge is 0.0608 e. The standard InChI is InChI=1S/C8H9ClN2/c9-6-3-5-1-2-11-8(5)7(10)4-6/h3-4,11H,1-2,10H2. The van der Waals surface area contributed by atoms with Crippen molar-refractivity contribution in [2.75, 3.05) is 17.6 Å². The van der Waals surface area contributed by atoms with E-state index in [9.17, 15) is 0 Å². The third-order valence-corrected chi connectivity index (χ3v) is 2.13. The quantitative estimate of drug-likeness (QED) is 0.581. The third-order valence-electron chi connectivity index (χ3n) is 1.91. The fourth-order valence-corrected chi connectivity index (χ4v) is 1.67. The van der Waals surface area contributed by atoms with E-state index >= 15 is 0 Å². The van der Waals surface area contributed by atoms with Crippen LogP contribution < -0.4 is 11.1 Å². The van der Waals surface area contributed by atoms with Gasteiger partial charge in [-0.05, 0) is 24.1 Å². The van der Waals surface area contributed by atoms with Gasteiger partial charge in [0.1, 0.15) is 0 Å². The largest absolute Gasteiger partial charge is 0.397 e. The normalized spacial score (nSPS) is 14.3. The van der Waals surface area contributed by atoms with Crippen LogP contribution >= 0.6 is 11.6 Å². The minimum Gasteiger partial charge on any atom is -0.397 e. The second kappa shape index (κ2) is 2.31. The van der Waals surface area contributed by atoms with Crippen LogP contribution in [0.4, 0.5) is 11.4 Å². The molecule has 1 heterocycles. The summed E-state index contributed by atoms with van der Waals surface area (Å²) in [6, 6.07) is 3.74. The molecule has 0 bridgehead atoms. The van der Waals surface area contributed by atoms with Gasteiger partial charge in [0.25, 0.3) is 0 Å². The van der Waals surface area contributed by atoms with Crippen LogP contribution in [0.25, 0.3) is 0 Å². The van der Waals surface area contributed by atoms with Gasteiger partial charge in [0.15, 0.2) is 0 Å². The zero-order chi connectivity index (χ0) is 7.84. The minimum atomic E-state index is 0.727. The molecule has 1 aliphatic rings. The molecule has 0 fully saturated rings. The lowest BCUT2D eigenvalue weighted by Crippen LogP contribution is -1.95. The van der Waals surface area contributed by atoms with Crippen molar-refractivity contribution >= 4 is 23.0 Å². The first-order valence-corrected chi connectivity index (χ1v) is 3.97. The maximum atomic E-state index is 5.82. The number of halogens is 1. The highest BCUT2D eigenvalue weighted by Crippen LogP contribution is 2.31. The van der Waals surface area contributed by atoms with Gasteiger partial charge in [0, 0.05) is 11.6 Å². The summed E-state index contributed by atoms with van der Waals surface area (Å²) in [6.07, 6.45) is 1.03. The van der Waals surface area contributed by atoms with E-state index in [1.165, 1.54) is 5.56 Å². The summed E-state index contributed by atoms with van der Waals surface area (Å²) >= 11 is 5.82. The van der Waals surface area contributed by atoms with Gasteiger partial charge in [-0.2, -0.15) is 0 Å². The van der Waals surface area contributed by atoms with Gasteiger partial charge < -0.3 is 11.1 Å². The number of fused-ring (bicyclic) bond motifs is 1. The number of nitrogens with one attached hydrogen (secondary N) is 1. The van der Waals surface area contributed by atoms with E-state index in [2.05, 4.69) is 5.32 Å². The van der Waals surface area contributed by atoms with Gasteiger partial charge in [0.2, 0.25) is 0 Å². The van der Waals surface area contributed by atoms with Gasteiger partial charge >= 0.3 is 0 Å². The summed E-state index contributed by atoms with van der Waals surface area (Å²) in [7, 11) is 0. The third kappa shape index (κ3) is 1.03. The molecule has 58 valence electrons. The number of anilines is 2. The molecule has 2 rings (SSSR count). The topological polar surface area (TPSA) is 38.0 Å². The highest BCUT2D eigenvalue weighted by molar-refractivity contribution is 6.31. The minimum absolute atomic E-state index is 0.727. The number of hydrogen-bond acceptors (Lipinski definition) is 2. The average molecular weight is 169 g/mol. The predicted molar refractivity (Wildman–Crippen MR) is 48.1 cm³/mol. The first-order chi connectivity index (χ1) is 5.27. The maximum Gasteiger partial charge on any atom is 0.0608 e. The lowest BCUT2D eigenvalue weighted by molar-refractivity contribution is 1.11. The Hall–Kier alpha value is -0.890. The molecule has 0 aliphatic carbocycles. The Kier molecular flexibility index (Phi) is 1.43. The Morgan fingerprint density at radius 2 is 2.27 bits per heavy atom. The van der Waals surface area contributed by atoms with Crippen LogP contribution in [0.15, 0.2) is 12.1 Å². The predicted octanol–water partition coefficient (Wildman–Crippen LogP) is 1.89. The van der Waals surface area contributed by atoms with Crippen molar-refractivity contribution < 1.29 is 0 Å². The van der Waals surface area contributed by atoms with Crippen LogP contribution in [0.3, 0.4) is 0 Å². The van der Waals surface area contributed by atoms with Crippen molar-refractivity contribution in [3.63, 3.8) is 0 Å². The van der Waals surface area contributed by atoms with Crippen LogP contribution in [-0.2, 0) is 6.42 Å². The first kappa shape index (κ1) is 6.80. The monoisotopic (exact) mass is 168 g/mol. The van der Waals surface area contributed by atoms with E-state index < -0.39 is 0 Å². The molecular weight excluding hydrogens is 160 g/mol. The average Bonchev–Trinajstić information content (AvgIpc) is 2.34. The molecule has 0 amide bonds. The van der Waals surface area contributed by atoms with Crippen LogP contribution in [0.1, 0.15) is 5.56 Å². The SMILES string of the molecule is Nc1cc(Cl)cc2c1NCC2. The molecule has 2 nitrogen and oxygen atoms in total. The van der Waals surface area contributed by atoms with Crippen LogP contribution in [-0.4, -0.2) is 6.54 Å². The molecule has 0 saturated carbocycles. The van der Waals surface area contributed by atoms with Crippen LogP contribution in [0.2, 0.25) is 5.02 Å². The number of hydrogen-bond donors (Lipinski definition) is 2. The van der Waals surface area contributed by atoms with Gasteiger partial charge in [0.05, 0.1) is 11.4 Å². The molecule has 11 heavy (non-hydrogen) atoms. The molecule has 3 N–H and O–H groups in total. The van der Waals surface area contributed by atoms with Crippen molar-refractivity contribution in [1.82, 2.24) is 0 Å². The van der Waals surface area contributed by atoms with Crippen LogP contribution in [0.5, 0.6) is 0 Å². The van der Waals surface area contributed by atoms with Crippen molar-refractivity contribution in [2.45, 2.75) is 6.42 Å². The second-order valence-corrected chi connectivity index (χ2v) is 3.14. The van der Waals surface area contributed by atoms with E-state index in [-0.39, 0.29) is 0 Å². The molecule has 0 unspecified atom stereocenters. The highest BCUT2D eigenvalue weighted by Gasteiger charge is 2.12. The summed E-state index contributed by atoms with van der Waals surface area (Å²) in [5.74, 6) is 0. The lowest BCUT2D eigenvalue weighted by atomic mass is 10.1. The highest BCUT2D eigenvalue weighted by atomic mass is 35.5. The summed E-state index contributed by atoms with van der Waals surface area (Å²) in [5, 5.41) is 3.94. The fourth-order valence-electron chi connectivity index (χ4n) is 1.42. The van der Waals surface area contributed by atoms with Gasteiger partial charge in [-0.3, -0.25) is 0 Å². The summed E-state index contributed by atoms with van der Waals surface area (Å²) in [6.45, 7) is 0.972. The second-order valence-electron chi connectivity index (χ2n) is 2.71. The molecule has 3 heteroatoms. The van der Waals surface area contributed by atoms with E-state index in [1.807, 2.05) is 6.07 Å². The van der Waals surface area contributed by atoms with Gasteiger partial charge in [-0.1, -0.05) is 11.6 Å². The Bertz CT molecular complexity index is 296. The Balaban J connectivity index is 2.60. The number of benzene rings is 1. The molecule has 0 aromatic heterocycles. The molecule has 1 aromatic carbocycles. The zero-order valence-electron chi connectivity index (χ0n) is 6.02. The van der Waals surface area contributed by atoms with E-state index in [0.717, 1.165) is 29.4 Å². The van der Waals surface area contributed by atoms with E-state index in [4.69, 9.17) is 17.3 Å². The summed E-state index contributed by atoms with van der Waals surface area (Å²) < 4.78 is 0. The first-order valence-electron chi connectivity index (χ1n) is 3.59. The fraction of sp³-hybridized carbons (Fsp3) is 0.250. The number of rotatable bonds is 0. The number of nitrogens with two attached hydrogens (primary N) is 1. The molecule has 1 aromatic rings. The maximum absolute atomic E-state index is 5.82. The van der Waals surface area contributed by atoms with E-state index in [0.29, 0.717) is 0 Å². The van der Waals surface area contributed by atoms with Crippen molar-refractivity contribution in [3.05, 3.63) is 22.7 Å². The van der Waals surface area contributed by atoms with Crippen molar-refractivity contribution in [3.8, 4) is 0 Å². The molecule has 1 aliphatic heterocycles. The molecular formula is C8H9ClN2. The van der Waals surface area contributed by atoms with E-state index in [1.54, 1.807) is 6.07 Å².